The maximum Gasteiger partial charge on any atom is 0.451 e. The minimum absolute atomic E-state index is 0.0670. The quantitative estimate of drug-likeness (QED) is 0.408. The highest BCUT2D eigenvalue weighted by Gasteiger charge is 2.39. The van der Waals surface area contributed by atoms with Crippen molar-refractivity contribution in [1.82, 2.24) is 30.0 Å². The van der Waals surface area contributed by atoms with Gasteiger partial charge in [-0.15, -0.1) is 21.5 Å². The zero-order chi connectivity index (χ0) is 26.1. The number of alkyl halides is 3. The van der Waals surface area contributed by atoms with Crippen molar-refractivity contribution in [2.75, 3.05) is 31.2 Å². The summed E-state index contributed by atoms with van der Waals surface area (Å²) in [4.78, 5) is 24.9. The molecule has 36 heavy (non-hydrogen) atoms. The Hall–Kier alpha value is -3.00. The van der Waals surface area contributed by atoms with Crippen LogP contribution in [0, 0.1) is 5.41 Å². The van der Waals surface area contributed by atoms with E-state index in [1.54, 1.807) is 13.8 Å². The van der Waals surface area contributed by atoms with Crippen LogP contribution < -0.4 is 15.0 Å². The summed E-state index contributed by atoms with van der Waals surface area (Å²) in [6.07, 6.45) is -2.75. The van der Waals surface area contributed by atoms with Crippen LogP contribution in [0.1, 0.15) is 43.7 Å². The van der Waals surface area contributed by atoms with Crippen molar-refractivity contribution >= 4 is 33.3 Å². The van der Waals surface area contributed by atoms with Crippen molar-refractivity contribution in [2.24, 2.45) is 5.41 Å². The number of hydrogen-bond donors (Lipinski definition) is 2. The van der Waals surface area contributed by atoms with Crippen molar-refractivity contribution in [3.63, 3.8) is 0 Å². The summed E-state index contributed by atoms with van der Waals surface area (Å²) in [5.41, 5.74) is -0.907. The van der Waals surface area contributed by atoms with Crippen LogP contribution in [-0.4, -0.2) is 62.0 Å². The highest BCUT2D eigenvalue weighted by Crippen LogP contribution is 2.35. The van der Waals surface area contributed by atoms with Gasteiger partial charge in [-0.2, -0.15) is 23.1 Å². The second-order valence-corrected chi connectivity index (χ2v) is 10.3. The SMILES string of the molecule is CCCc1cc2c(N3CCn4c(nnc4C(F)(F)F)C3)nc(OCCNC(=O)C(C)(C)CO)nc2s1. The third kappa shape index (κ3) is 5.38. The lowest BCUT2D eigenvalue weighted by atomic mass is 9.94. The van der Waals surface area contributed by atoms with E-state index < -0.39 is 17.4 Å². The predicted octanol–water partition coefficient (Wildman–Crippen LogP) is 2.79. The number of halogens is 3. The van der Waals surface area contributed by atoms with E-state index in [9.17, 15) is 23.1 Å². The lowest BCUT2D eigenvalue weighted by molar-refractivity contribution is -0.147. The fourth-order valence-electron chi connectivity index (χ4n) is 3.78. The third-order valence-corrected chi connectivity index (χ3v) is 6.92. The van der Waals surface area contributed by atoms with E-state index in [1.807, 2.05) is 11.0 Å². The average molecular weight is 528 g/mol. The number of aliphatic hydroxyl groups excluding tert-OH is 1. The van der Waals surface area contributed by atoms with Gasteiger partial charge in [0.25, 0.3) is 0 Å². The first kappa shape index (κ1) is 26.1. The van der Waals surface area contributed by atoms with E-state index in [0.717, 1.165) is 27.7 Å². The second kappa shape index (κ2) is 10.2. The molecular weight excluding hydrogens is 499 g/mol. The molecule has 3 aromatic rings. The maximum atomic E-state index is 13.2. The molecule has 0 saturated carbocycles. The molecular formula is C22H28F3N7O3S. The zero-order valence-corrected chi connectivity index (χ0v) is 21.0. The van der Waals surface area contributed by atoms with Crippen LogP contribution in [0.3, 0.4) is 0 Å². The number of aryl methyl sites for hydroxylation is 1. The lowest BCUT2D eigenvalue weighted by Gasteiger charge is -2.29. The maximum absolute atomic E-state index is 13.2. The molecule has 0 aliphatic carbocycles. The van der Waals surface area contributed by atoms with Gasteiger partial charge in [0.05, 0.1) is 30.5 Å². The largest absolute Gasteiger partial charge is 0.462 e. The van der Waals surface area contributed by atoms with E-state index in [2.05, 4.69) is 32.4 Å². The number of anilines is 1. The minimum atomic E-state index is -4.57. The van der Waals surface area contributed by atoms with Crippen molar-refractivity contribution in [3.8, 4) is 6.01 Å². The molecule has 4 heterocycles. The summed E-state index contributed by atoms with van der Waals surface area (Å²) in [5.74, 6) is -0.534. The molecule has 10 nitrogen and oxygen atoms in total. The zero-order valence-electron chi connectivity index (χ0n) is 20.2. The molecule has 3 aromatic heterocycles. The van der Waals surface area contributed by atoms with Gasteiger partial charge in [0.15, 0.2) is 5.82 Å². The number of carbonyl (C=O) groups is 1. The third-order valence-electron chi connectivity index (χ3n) is 5.83. The number of rotatable bonds is 9. The number of carbonyl (C=O) groups excluding carboxylic acids is 1. The van der Waals surface area contributed by atoms with Crippen molar-refractivity contribution in [3.05, 3.63) is 22.6 Å². The Morgan fingerprint density at radius 1 is 1.25 bits per heavy atom. The van der Waals surface area contributed by atoms with E-state index in [1.165, 1.54) is 11.3 Å². The first-order valence-electron chi connectivity index (χ1n) is 11.6. The number of nitrogens with zero attached hydrogens (tertiary/aromatic N) is 6. The summed E-state index contributed by atoms with van der Waals surface area (Å²) in [5, 5.41) is 19.9. The van der Waals surface area contributed by atoms with Crippen LogP contribution in [0.15, 0.2) is 6.07 Å². The van der Waals surface area contributed by atoms with E-state index in [-0.39, 0.29) is 57.1 Å². The summed E-state index contributed by atoms with van der Waals surface area (Å²) < 4.78 is 46.5. The van der Waals surface area contributed by atoms with Crippen LogP contribution >= 0.6 is 11.3 Å². The summed E-state index contributed by atoms with van der Waals surface area (Å²) >= 11 is 1.52. The van der Waals surface area contributed by atoms with Gasteiger partial charge in [0.2, 0.25) is 11.7 Å². The van der Waals surface area contributed by atoms with Gasteiger partial charge in [0, 0.05) is 18.0 Å². The molecule has 0 fully saturated rings. The predicted molar refractivity (Wildman–Crippen MR) is 127 cm³/mol. The first-order valence-corrected chi connectivity index (χ1v) is 12.4. The topological polar surface area (TPSA) is 118 Å². The van der Waals surface area contributed by atoms with Crippen LogP contribution in [0.25, 0.3) is 10.2 Å². The Morgan fingerprint density at radius 2 is 2.03 bits per heavy atom. The van der Waals surface area contributed by atoms with Crippen LogP contribution in [0.5, 0.6) is 6.01 Å². The Morgan fingerprint density at radius 3 is 2.72 bits per heavy atom. The van der Waals surface area contributed by atoms with Gasteiger partial charge in [-0.3, -0.25) is 4.79 Å². The van der Waals surface area contributed by atoms with Gasteiger partial charge in [-0.25, -0.2) is 0 Å². The smallest absolute Gasteiger partial charge is 0.451 e. The van der Waals surface area contributed by atoms with E-state index >= 15 is 0 Å². The Balaban J connectivity index is 1.56. The van der Waals surface area contributed by atoms with Crippen LogP contribution in [0.4, 0.5) is 19.0 Å². The Labute approximate surface area is 209 Å². The first-order chi connectivity index (χ1) is 17.0. The molecule has 0 spiro atoms. The van der Waals surface area contributed by atoms with Gasteiger partial charge in [-0.05, 0) is 26.3 Å². The average Bonchev–Trinajstić information content (AvgIpc) is 3.44. The molecule has 14 heteroatoms. The molecule has 0 unspecified atom stereocenters. The van der Waals surface area contributed by atoms with Crippen molar-refractivity contribution in [2.45, 2.75) is 52.9 Å². The monoisotopic (exact) mass is 527 g/mol. The number of ether oxygens (including phenoxy) is 1. The fourth-order valence-corrected chi connectivity index (χ4v) is 4.89. The molecule has 0 saturated heterocycles. The number of aromatic nitrogens is 5. The molecule has 0 atom stereocenters. The molecule has 1 aliphatic rings. The molecule has 1 amide bonds. The lowest BCUT2D eigenvalue weighted by Crippen LogP contribution is -2.41. The Kier molecular flexibility index (Phi) is 7.36. The number of amides is 1. The van der Waals surface area contributed by atoms with E-state index in [0.29, 0.717) is 10.6 Å². The molecule has 0 aromatic carbocycles. The summed E-state index contributed by atoms with van der Waals surface area (Å²) in [6.45, 7) is 5.82. The normalized spacial score (nSPS) is 14.2. The molecule has 196 valence electrons. The molecule has 0 radical (unpaired) electrons. The summed E-state index contributed by atoms with van der Waals surface area (Å²) in [7, 11) is 0. The van der Waals surface area contributed by atoms with Crippen LogP contribution in [0.2, 0.25) is 0 Å². The van der Waals surface area contributed by atoms with Crippen molar-refractivity contribution in [1.29, 1.82) is 0 Å². The molecule has 1 aliphatic heterocycles. The summed E-state index contributed by atoms with van der Waals surface area (Å²) in [6, 6.07) is 2.13. The fraction of sp³-hybridized carbons (Fsp3) is 0.591. The van der Waals surface area contributed by atoms with Gasteiger partial charge in [-0.1, -0.05) is 13.3 Å². The highest BCUT2D eigenvalue weighted by atomic mass is 32.1. The van der Waals surface area contributed by atoms with Crippen LogP contribution in [-0.2, 0) is 30.5 Å². The molecule has 2 N–H and O–H groups in total. The number of thiophene rings is 1. The minimum Gasteiger partial charge on any atom is -0.462 e. The van der Waals surface area contributed by atoms with Gasteiger partial charge in [0.1, 0.15) is 17.3 Å². The number of nitrogens with one attached hydrogen (secondary N) is 1. The molecule has 4 rings (SSSR count). The molecule has 0 bridgehead atoms. The van der Waals surface area contributed by atoms with E-state index in [4.69, 9.17) is 4.74 Å². The second-order valence-electron chi connectivity index (χ2n) is 9.17. The van der Waals surface area contributed by atoms with Gasteiger partial charge >= 0.3 is 12.2 Å². The number of hydrogen-bond acceptors (Lipinski definition) is 9. The van der Waals surface area contributed by atoms with Gasteiger partial charge < -0.3 is 24.6 Å². The van der Waals surface area contributed by atoms with Crippen molar-refractivity contribution < 1.29 is 27.8 Å². The standard InChI is InChI=1S/C22H28F3N7O3S/c1-4-5-13-10-14-16(31-7-8-32-15(11-31)29-30-18(32)22(23,24)25)27-20(28-17(14)36-13)35-9-6-26-19(34)21(2,3)12-33/h10,33H,4-9,11-12H2,1-3H3,(H,26,34). The Bertz CT molecular complexity index is 1240. The number of fused-ring (bicyclic) bond motifs is 2. The number of aliphatic hydroxyl groups is 1. The highest BCUT2D eigenvalue weighted by molar-refractivity contribution is 7.18.